The average molecular weight is 477 g/mol. The molecule has 1 atom stereocenters. The van der Waals surface area contributed by atoms with Crippen LogP contribution in [0.5, 0.6) is 5.75 Å². The van der Waals surface area contributed by atoms with Gasteiger partial charge in [-0.1, -0.05) is 6.07 Å². The van der Waals surface area contributed by atoms with Crippen LogP contribution in [0.25, 0.3) is 22.2 Å². The van der Waals surface area contributed by atoms with Crippen LogP contribution < -0.4 is 10.1 Å². The average Bonchev–Trinajstić information content (AvgIpc) is 3.03. The standard InChI is InChI=1S/C26H31F3N2O3/c1-16(32)15-31-21-12-9-19(25(5,6)23(33)30-24(2,3)4)13-18(21)14-22(31)17-7-10-20(11-8-17)34-26(27,28)29/h7-14,16,32H,15H2,1-6H3,(H,30,33). The lowest BCUT2D eigenvalue weighted by atomic mass is 9.82. The van der Waals surface area contributed by atoms with Crippen LogP contribution in [0.2, 0.25) is 0 Å². The van der Waals surface area contributed by atoms with Crippen LogP contribution in [-0.2, 0) is 16.8 Å². The second-order valence-corrected chi connectivity index (χ2v) is 10.2. The van der Waals surface area contributed by atoms with E-state index < -0.39 is 17.9 Å². The summed E-state index contributed by atoms with van der Waals surface area (Å²) in [6.07, 6.45) is -5.40. The minimum atomic E-state index is -4.76. The van der Waals surface area contributed by atoms with Gasteiger partial charge in [0.15, 0.2) is 0 Å². The number of halogens is 3. The van der Waals surface area contributed by atoms with Crippen LogP contribution in [0.4, 0.5) is 13.2 Å². The third-order valence-electron chi connectivity index (χ3n) is 5.51. The number of nitrogens with zero attached hydrogens (tertiary/aromatic N) is 1. The van der Waals surface area contributed by atoms with E-state index in [2.05, 4.69) is 10.1 Å². The summed E-state index contributed by atoms with van der Waals surface area (Å²) in [7, 11) is 0. The molecule has 8 heteroatoms. The van der Waals surface area contributed by atoms with Crippen molar-refractivity contribution in [2.45, 2.75) is 71.5 Å². The fraction of sp³-hybridized carbons (Fsp3) is 0.423. The first kappa shape index (κ1) is 25.6. The summed E-state index contributed by atoms with van der Waals surface area (Å²) in [4.78, 5) is 12.9. The maximum absolute atomic E-state index is 12.9. The highest BCUT2D eigenvalue weighted by Crippen LogP contribution is 2.34. The SMILES string of the molecule is CC(O)Cn1c(-c2ccc(OC(F)(F)F)cc2)cc2cc(C(C)(C)C(=O)NC(C)(C)C)ccc21. The van der Waals surface area contributed by atoms with E-state index in [0.717, 1.165) is 22.2 Å². The molecule has 0 bridgehead atoms. The number of carbonyl (C=O) groups is 1. The van der Waals surface area contributed by atoms with Crippen molar-refractivity contribution in [1.29, 1.82) is 0 Å². The molecule has 1 unspecified atom stereocenters. The van der Waals surface area contributed by atoms with Gasteiger partial charge in [-0.15, -0.1) is 13.2 Å². The predicted molar refractivity (Wildman–Crippen MR) is 127 cm³/mol. The molecule has 184 valence electrons. The summed E-state index contributed by atoms with van der Waals surface area (Å²) in [6, 6.07) is 13.3. The lowest BCUT2D eigenvalue weighted by Gasteiger charge is -2.30. The topological polar surface area (TPSA) is 63.5 Å². The fourth-order valence-electron chi connectivity index (χ4n) is 3.82. The zero-order valence-corrected chi connectivity index (χ0v) is 20.2. The molecule has 0 aliphatic carbocycles. The van der Waals surface area contributed by atoms with Crippen LogP contribution in [0.3, 0.4) is 0 Å². The third kappa shape index (κ3) is 5.91. The summed E-state index contributed by atoms with van der Waals surface area (Å²) in [6.45, 7) is 11.5. The predicted octanol–water partition coefficient (Wildman–Crippen LogP) is 5.78. The van der Waals surface area contributed by atoms with Crippen molar-refractivity contribution in [3.05, 3.63) is 54.1 Å². The highest BCUT2D eigenvalue weighted by atomic mass is 19.4. The number of fused-ring (bicyclic) bond motifs is 1. The van der Waals surface area contributed by atoms with E-state index in [4.69, 9.17) is 0 Å². The molecule has 1 heterocycles. The highest BCUT2D eigenvalue weighted by molar-refractivity contribution is 5.92. The van der Waals surface area contributed by atoms with E-state index in [1.807, 2.05) is 63.5 Å². The van der Waals surface area contributed by atoms with Crippen LogP contribution in [0.1, 0.15) is 47.1 Å². The molecule has 1 aromatic heterocycles. The number of rotatable bonds is 6. The van der Waals surface area contributed by atoms with E-state index in [1.165, 1.54) is 12.1 Å². The monoisotopic (exact) mass is 476 g/mol. The van der Waals surface area contributed by atoms with Gasteiger partial charge in [-0.25, -0.2) is 0 Å². The van der Waals surface area contributed by atoms with Gasteiger partial charge in [-0.2, -0.15) is 0 Å². The zero-order valence-electron chi connectivity index (χ0n) is 20.2. The number of benzene rings is 2. The van der Waals surface area contributed by atoms with Crippen molar-refractivity contribution in [1.82, 2.24) is 9.88 Å². The van der Waals surface area contributed by atoms with Crippen LogP contribution in [0.15, 0.2) is 48.5 Å². The molecule has 0 saturated carbocycles. The number of ether oxygens (including phenoxy) is 1. The maximum atomic E-state index is 12.9. The van der Waals surface area contributed by atoms with Gasteiger partial charge in [0, 0.05) is 28.7 Å². The Morgan fingerprint density at radius 1 is 1.03 bits per heavy atom. The summed E-state index contributed by atoms with van der Waals surface area (Å²) in [5, 5.41) is 14.0. The molecule has 0 spiro atoms. The number of alkyl halides is 3. The minimum absolute atomic E-state index is 0.0942. The van der Waals surface area contributed by atoms with Crippen LogP contribution in [-0.4, -0.2) is 33.6 Å². The molecule has 3 aromatic rings. The number of amides is 1. The Morgan fingerprint density at radius 2 is 1.65 bits per heavy atom. The molecule has 0 aliphatic heterocycles. The molecule has 1 amide bonds. The quantitative estimate of drug-likeness (QED) is 0.474. The zero-order chi connectivity index (χ0) is 25.5. The Bertz CT molecular complexity index is 1170. The third-order valence-corrected chi connectivity index (χ3v) is 5.51. The molecule has 34 heavy (non-hydrogen) atoms. The molecule has 0 radical (unpaired) electrons. The molecule has 2 aromatic carbocycles. The summed E-state index contributed by atoms with van der Waals surface area (Å²) in [5.41, 5.74) is 1.94. The number of carbonyl (C=O) groups excluding carboxylic acids is 1. The van der Waals surface area contributed by atoms with Gasteiger partial charge in [0.2, 0.25) is 5.91 Å². The Morgan fingerprint density at radius 3 is 2.18 bits per heavy atom. The summed E-state index contributed by atoms with van der Waals surface area (Å²) in [5.74, 6) is -0.397. The normalized spacial score (nSPS) is 13.7. The van der Waals surface area contributed by atoms with Crippen molar-refractivity contribution in [2.75, 3.05) is 0 Å². The van der Waals surface area contributed by atoms with Crippen molar-refractivity contribution in [2.24, 2.45) is 0 Å². The summed E-state index contributed by atoms with van der Waals surface area (Å²) < 4.78 is 43.4. The Kier molecular flexibility index (Phi) is 6.77. The first-order chi connectivity index (χ1) is 15.6. The molecule has 2 N–H and O–H groups in total. The minimum Gasteiger partial charge on any atom is -0.406 e. The first-order valence-electron chi connectivity index (χ1n) is 11.1. The van der Waals surface area contributed by atoms with Gasteiger partial charge in [0.1, 0.15) is 5.75 Å². The Hall–Kier alpha value is -3.00. The van der Waals surface area contributed by atoms with Gasteiger partial charge in [0.25, 0.3) is 0 Å². The van der Waals surface area contributed by atoms with E-state index in [0.29, 0.717) is 12.1 Å². The van der Waals surface area contributed by atoms with Gasteiger partial charge >= 0.3 is 6.36 Å². The number of nitrogens with one attached hydrogen (secondary N) is 1. The van der Waals surface area contributed by atoms with E-state index in [9.17, 15) is 23.1 Å². The van der Waals surface area contributed by atoms with Crippen molar-refractivity contribution < 1.29 is 27.8 Å². The van der Waals surface area contributed by atoms with Crippen molar-refractivity contribution in [3.63, 3.8) is 0 Å². The molecule has 0 fully saturated rings. The Labute approximate surface area is 197 Å². The molecule has 3 rings (SSSR count). The smallest absolute Gasteiger partial charge is 0.406 e. The lowest BCUT2D eigenvalue weighted by Crippen LogP contribution is -2.48. The second-order valence-electron chi connectivity index (χ2n) is 10.2. The van der Waals surface area contributed by atoms with Crippen LogP contribution in [0, 0.1) is 0 Å². The second kappa shape index (κ2) is 8.98. The molecule has 5 nitrogen and oxygen atoms in total. The fourth-order valence-corrected chi connectivity index (χ4v) is 3.82. The van der Waals surface area contributed by atoms with Crippen LogP contribution >= 0.6 is 0 Å². The number of aliphatic hydroxyl groups excluding tert-OH is 1. The van der Waals surface area contributed by atoms with E-state index >= 15 is 0 Å². The van der Waals surface area contributed by atoms with Crippen molar-refractivity contribution in [3.8, 4) is 17.0 Å². The van der Waals surface area contributed by atoms with Gasteiger partial charge in [0.05, 0.1) is 11.5 Å². The first-order valence-corrected chi connectivity index (χ1v) is 11.1. The summed E-state index contributed by atoms with van der Waals surface area (Å²) >= 11 is 0. The highest BCUT2D eigenvalue weighted by Gasteiger charge is 2.33. The van der Waals surface area contributed by atoms with Gasteiger partial charge in [-0.05, 0) is 95.1 Å². The van der Waals surface area contributed by atoms with Gasteiger partial charge < -0.3 is 19.7 Å². The molecule has 0 saturated heterocycles. The van der Waals surface area contributed by atoms with Crippen molar-refractivity contribution >= 4 is 16.8 Å². The largest absolute Gasteiger partial charge is 0.573 e. The number of hydrogen-bond donors (Lipinski definition) is 2. The van der Waals surface area contributed by atoms with E-state index in [-0.39, 0.29) is 17.2 Å². The number of aromatic nitrogens is 1. The number of hydrogen-bond acceptors (Lipinski definition) is 3. The molecule has 0 aliphatic rings. The maximum Gasteiger partial charge on any atom is 0.573 e. The Balaban J connectivity index is 2.05. The number of aliphatic hydroxyl groups is 1. The van der Waals surface area contributed by atoms with Gasteiger partial charge in [-0.3, -0.25) is 4.79 Å². The molecular formula is C26H31F3N2O3. The molecular weight excluding hydrogens is 445 g/mol. The lowest BCUT2D eigenvalue weighted by molar-refractivity contribution is -0.274. The van der Waals surface area contributed by atoms with E-state index in [1.54, 1.807) is 19.1 Å².